The van der Waals surface area contributed by atoms with Crippen LogP contribution in [0.3, 0.4) is 0 Å². The number of carboxylic acids is 1. The molecule has 0 amide bonds. The van der Waals surface area contributed by atoms with Gasteiger partial charge in [-0.3, -0.25) is 0 Å². The van der Waals surface area contributed by atoms with Crippen LogP contribution in [0.5, 0.6) is 0 Å². The molecule has 0 aliphatic carbocycles. The summed E-state index contributed by atoms with van der Waals surface area (Å²) in [5.74, 6) is -1.31. The Bertz CT molecular complexity index is 344. The molecule has 7 heteroatoms. The van der Waals surface area contributed by atoms with Crippen LogP contribution in [0, 0.1) is 0 Å². The lowest BCUT2D eigenvalue weighted by atomic mass is 10.3. The maximum Gasteiger partial charge on any atom is 0.419 e. The molecule has 0 bridgehead atoms. The van der Waals surface area contributed by atoms with Gasteiger partial charge in [-0.2, -0.15) is 13.2 Å². The van der Waals surface area contributed by atoms with Crippen molar-refractivity contribution in [3.8, 4) is 0 Å². The Morgan fingerprint density at radius 1 is 1.43 bits per heavy atom. The summed E-state index contributed by atoms with van der Waals surface area (Å²) in [7, 11) is 0. The number of thiophene rings is 1. The molecule has 0 spiro atoms. The van der Waals surface area contributed by atoms with E-state index in [4.69, 9.17) is 10.2 Å². The molecule has 0 saturated carbocycles. The van der Waals surface area contributed by atoms with E-state index in [1.807, 2.05) is 0 Å². The molecule has 0 saturated heterocycles. The molecule has 1 atom stereocenters. The van der Waals surface area contributed by atoms with Gasteiger partial charge in [0.25, 0.3) is 0 Å². The second-order valence-corrected chi connectivity index (χ2v) is 3.57. The number of aliphatic hydroxyl groups excluding tert-OH is 1. The number of carbonyl (C=O) groups is 1. The van der Waals surface area contributed by atoms with E-state index in [2.05, 4.69) is 0 Å². The third-order valence-corrected chi connectivity index (χ3v) is 2.54. The first-order valence-electron chi connectivity index (χ1n) is 3.40. The molecule has 0 aliphatic heterocycles. The number of halogens is 3. The van der Waals surface area contributed by atoms with E-state index in [1.165, 1.54) is 0 Å². The van der Waals surface area contributed by atoms with Crippen LogP contribution in [0.2, 0.25) is 0 Å². The van der Waals surface area contributed by atoms with Crippen LogP contribution in [0.4, 0.5) is 13.2 Å². The molecule has 3 nitrogen and oxygen atoms in total. The Labute approximate surface area is 80.4 Å². The van der Waals surface area contributed by atoms with Crippen molar-refractivity contribution in [1.29, 1.82) is 0 Å². The molecule has 0 fully saturated rings. The van der Waals surface area contributed by atoms with Crippen molar-refractivity contribution in [3.63, 3.8) is 0 Å². The first-order chi connectivity index (χ1) is 6.32. The number of hydrogen-bond acceptors (Lipinski definition) is 3. The van der Waals surface area contributed by atoms with E-state index in [9.17, 15) is 18.0 Å². The molecule has 0 radical (unpaired) electrons. The summed E-state index contributed by atoms with van der Waals surface area (Å²) in [6, 6.07) is 1.98. The van der Waals surface area contributed by atoms with Crippen LogP contribution in [0.25, 0.3) is 0 Å². The molecular formula is C7H5F3O3S. The van der Waals surface area contributed by atoms with Crippen LogP contribution >= 0.6 is 11.3 Å². The maximum absolute atomic E-state index is 12.0. The molecule has 1 rings (SSSR count). The Balaban J connectivity index is 2.92. The molecule has 14 heavy (non-hydrogen) atoms. The van der Waals surface area contributed by atoms with Crippen molar-refractivity contribution in [2.45, 2.75) is 12.3 Å². The van der Waals surface area contributed by atoms with Gasteiger partial charge in [-0.05, 0) is 12.1 Å². The van der Waals surface area contributed by atoms with Crippen molar-refractivity contribution in [1.82, 2.24) is 0 Å². The predicted octanol–water partition coefficient (Wildman–Crippen LogP) is 2.04. The fourth-order valence-corrected chi connectivity index (χ4v) is 1.63. The van der Waals surface area contributed by atoms with Crippen LogP contribution in [-0.2, 0) is 0 Å². The molecule has 1 unspecified atom stereocenters. The third-order valence-electron chi connectivity index (χ3n) is 1.42. The summed E-state index contributed by atoms with van der Waals surface area (Å²) >= 11 is 0.406. The number of rotatable bonds is 2. The number of alkyl halides is 3. The SMILES string of the molecule is O=C(O)c1ccc(C(O)C(F)(F)F)s1. The molecule has 1 aromatic rings. The van der Waals surface area contributed by atoms with Crippen molar-refractivity contribution in [2.24, 2.45) is 0 Å². The summed E-state index contributed by atoms with van der Waals surface area (Å²) in [4.78, 5) is 9.68. The lowest BCUT2D eigenvalue weighted by Crippen LogP contribution is -2.18. The summed E-state index contributed by atoms with van der Waals surface area (Å²) < 4.78 is 35.9. The predicted molar refractivity (Wildman–Crippen MR) is 42.3 cm³/mol. The minimum atomic E-state index is -4.76. The van der Waals surface area contributed by atoms with Crippen LogP contribution < -0.4 is 0 Å². The summed E-state index contributed by atoms with van der Waals surface area (Å²) in [6.07, 6.45) is -7.37. The maximum atomic E-state index is 12.0. The zero-order valence-corrected chi connectivity index (χ0v) is 7.39. The Kier molecular flexibility index (Phi) is 2.81. The molecule has 0 aliphatic rings. The number of aliphatic hydroxyl groups is 1. The second-order valence-electron chi connectivity index (χ2n) is 2.45. The fourth-order valence-electron chi connectivity index (χ4n) is 0.776. The Morgan fingerprint density at radius 3 is 2.36 bits per heavy atom. The molecule has 78 valence electrons. The van der Waals surface area contributed by atoms with Gasteiger partial charge in [-0.25, -0.2) is 4.79 Å². The highest BCUT2D eigenvalue weighted by molar-refractivity contribution is 7.14. The first kappa shape index (κ1) is 11.0. The van der Waals surface area contributed by atoms with Gasteiger partial charge in [-0.1, -0.05) is 0 Å². The zero-order chi connectivity index (χ0) is 10.9. The number of carboxylic acid groups (broad SMARTS) is 1. The normalized spacial score (nSPS) is 14.0. The van der Waals surface area contributed by atoms with Crippen molar-refractivity contribution in [2.75, 3.05) is 0 Å². The van der Waals surface area contributed by atoms with Crippen molar-refractivity contribution < 1.29 is 28.2 Å². The van der Waals surface area contributed by atoms with Gasteiger partial charge < -0.3 is 10.2 Å². The largest absolute Gasteiger partial charge is 0.477 e. The third kappa shape index (κ3) is 2.24. The quantitative estimate of drug-likeness (QED) is 0.811. The highest BCUT2D eigenvalue weighted by Crippen LogP contribution is 2.35. The van der Waals surface area contributed by atoms with Crippen molar-refractivity contribution >= 4 is 17.3 Å². The summed E-state index contributed by atoms with van der Waals surface area (Å²) in [5.41, 5.74) is 0. The fraction of sp³-hybridized carbons (Fsp3) is 0.286. The Hall–Kier alpha value is -1.08. The molecule has 1 heterocycles. The molecule has 1 aromatic heterocycles. The zero-order valence-electron chi connectivity index (χ0n) is 6.58. The van der Waals surface area contributed by atoms with Crippen molar-refractivity contribution in [3.05, 3.63) is 21.9 Å². The van der Waals surface area contributed by atoms with Crippen LogP contribution in [0.15, 0.2) is 12.1 Å². The second kappa shape index (κ2) is 3.58. The molecule has 0 aromatic carbocycles. The minimum Gasteiger partial charge on any atom is -0.477 e. The monoisotopic (exact) mass is 226 g/mol. The van der Waals surface area contributed by atoms with Gasteiger partial charge in [0, 0.05) is 4.88 Å². The standard InChI is InChI=1S/C7H5F3O3S/c8-7(9,10)5(11)3-1-2-4(14-3)6(12)13/h1-2,5,11H,(H,12,13). The van der Waals surface area contributed by atoms with E-state index in [-0.39, 0.29) is 4.88 Å². The Morgan fingerprint density at radius 2 is 2.00 bits per heavy atom. The highest BCUT2D eigenvalue weighted by Gasteiger charge is 2.40. The van der Waals surface area contributed by atoms with Gasteiger partial charge in [-0.15, -0.1) is 11.3 Å². The lowest BCUT2D eigenvalue weighted by Gasteiger charge is -2.11. The van der Waals surface area contributed by atoms with Gasteiger partial charge in [0.05, 0.1) is 0 Å². The van der Waals surface area contributed by atoms with Crippen LogP contribution in [-0.4, -0.2) is 22.4 Å². The van der Waals surface area contributed by atoms with E-state index in [0.29, 0.717) is 11.3 Å². The van der Waals surface area contributed by atoms with Crippen LogP contribution in [0.1, 0.15) is 20.7 Å². The molecule has 2 N–H and O–H groups in total. The molecular weight excluding hydrogens is 221 g/mol. The summed E-state index contributed by atoms with van der Waals surface area (Å²) in [5, 5.41) is 17.2. The minimum absolute atomic E-state index is 0.233. The van der Waals surface area contributed by atoms with E-state index >= 15 is 0 Å². The van der Waals surface area contributed by atoms with E-state index in [1.54, 1.807) is 0 Å². The first-order valence-corrected chi connectivity index (χ1v) is 4.22. The number of hydrogen-bond donors (Lipinski definition) is 2. The topological polar surface area (TPSA) is 57.5 Å². The van der Waals surface area contributed by atoms with Gasteiger partial charge >= 0.3 is 12.1 Å². The average Bonchev–Trinajstić information content (AvgIpc) is 2.48. The average molecular weight is 226 g/mol. The lowest BCUT2D eigenvalue weighted by molar-refractivity contribution is -0.205. The number of aromatic carboxylic acids is 1. The van der Waals surface area contributed by atoms with E-state index in [0.717, 1.165) is 12.1 Å². The van der Waals surface area contributed by atoms with Gasteiger partial charge in [0.15, 0.2) is 6.10 Å². The van der Waals surface area contributed by atoms with Gasteiger partial charge in [0.2, 0.25) is 0 Å². The van der Waals surface area contributed by atoms with E-state index < -0.39 is 23.1 Å². The van der Waals surface area contributed by atoms with Gasteiger partial charge in [0.1, 0.15) is 4.88 Å². The smallest absolute Gasteiger partial charge is 0.419 e. The highest BCUT2D eigenvalue weighted by atomic mass is 32.1. The summed E-state index contributed by atoms with van der Waals surface area (Å²) in [6.45, 7) is 0.